The predicted molar refractivity (Wildman–Crippen MR) is 58.3 cm³/mol. The highest BCUT2D eigenvalue weighted by atomic mass is 32.2. The molecule has 0 fully saturated rings. The van der Waals surface area contributed by atoms with Crippen LogP contribution in [0.5, 0.6) is 0 Å². The fourth-order valence-electron chi connectivity index (χ4n) is 1.03. The minimum Gasteiger partial charge on any atom is -0.372 e. The van der Waals surface area contributed by atoms with E-state index in [9.17, 15) is 13.2 Å². The second-order valence-electron chi connectivity index (χ2n) is 2.98. The molecule has 0 saturated carbocycles. The van der Waals surface area contributed by atoms with Gasteiger partial charge in [0.25, 0.3) is 15.9 Å². The Balaban J connectivity index is 2.70. The van der Waals surface area contributed by atoms with Crippen LogP contribution >= 0.6 is 0 Å². The molecule has 88 valence electrons. The Kier molecular flexibility index (Phi) is 4.45. The number of hydrogen-bond acceptors (Lipinski definition) is 4. The lowest BCUT2D eigenvalue weighted by atomic mass is 10.4. The Bertz CT molecular complexity index is 441. The molecule has 0 spiro atoms. The van der Waals surface area contributed by atoms with E-state index in [1.54, 1.807) is 25.1 Å². The van der Waals surface area contributed by atoms with Crippen LogP contribution in [0.3, 0.4) is 0 Å². The van der Waals surface area contributed by atoms with Crippen LogP contribution in [-0.2, 0) is 19.6 Å². The zero-order valence-corrected chi connectivity index (χ0v) is 9.66. The maximum Gasteiger partial charge on any atom is 0.264 e. The molecule has 1 amide bonds. The molecule has 1 N–H and O–H groups in total. The predicted octanol–water partition coefficient (Wildman–Crippen LogP) is 0.528. The van der Waals surface area contributed by atoms with Gasteiger partial charge in [0, 0.05) is 6.61 Å². The summed E-state index contributed by atoms with van der Waals surface area (Å²) in [5, 5.41) is 0. The van der Waals surface area contributed by atoms with Crippen LogP contribution in [0.4, 0.5) is 0 Å². The quantitative estimate of drug-likeness (QED) is 0.818. The zero-order chi connectivity index (χ0) is 12.0. The smallest absolute Gasteiger partial charge is 0.264 e. The first-order valence-electron chi connectivity index (χ1n) is 4.74. The number of benzene rings is 1. The van der Waals surface area contributed by atoms with Gasteiger partial charge in [0.05, 0.1) is 4.90 Å². The van der Waals surface area contributed by atoms with Gasteiger partial charge in [-0.15, -0.1) is 0 Å². The van der Waals surface area contributed by atoms with E-state index >= 15 is 0 Å². The van der Waals surface area contributed by atoms with E-state index < -0.39 is 15.9 Å². The summed E-state index contributed by atoms with van der Waals surface area (Å²) in [6, 6.07) is 7.69. The fourth-order valence-corrected chi connectivity index (χ4v) is 2.02. The van der Waals surface area contributed by atoms with Gasteiger partial charge in [-0.05, 0) is 19.1 Å². The summed E-state index contributed by atoms with van der Waals surface area (Å²) in [5.74, 6) is -0.675. The van der Waals surface area contributed by atoms with Crippen molar-refractivity contribution in [3.63, 3.8) is 0 Å². The van der Waals surface area contributed by atoms with E-state index in [4.69, 9.17) is 4.74 Å². The summed E-state index contributed by atoms with van der Waals surface area (Å²) < 4.78 is 30.0. The monoisotopic (exact) mass is 243 g/mol. The average molecular weight is 243 g/mol. The normalized spacial score (nSPS) is 11.1. The molecule has 0 aliphatic heterocycles. The van der Waals surface area contributed by atoms with Crippen molar-refractivity contribution in [2.45, 2.75) is 11.8 Å². The molecule has 6 heteroatoms. The van der Waals surface area contributed by atoms with Crippen LogP contribution in [0.2, 0.25) is 0 Å². The molecule has 0 aromatic heterocycles. The number of rotatable bonds is 5. The maximum absolute atomic E-state index is 11.6. The van der Waals surface area contributed by atoms with Gasteiger partial charge < -0.3 is 4.74 Å². The molecule has 5 nitrogen and oxygen atoms in total. The third-order valence-corrected chi connectivity index (χ3v) is 3.13. The number of carbonyl (C=O) groups excluding carboxylic acids is 1. The molecular weight excluding hydrogens is 230 g/mol. The molecule has 0 radical (unpaired) electrons. The topological polar surface area (TPSA) is 72.5 Å². The number of ether oxygens (including phenoxy) is 1. The van der Waals surface area contributed by atoms with Crippen molar-refractivity contribution in [3.05, 3.63) is 30.3 Å². The van der Waals surface area contributed by atoms with Crippen molar-refractivity contribution < 1.29 is 17.9 Å². The van der Waals surface area contributed by atoms with E-state index in [1.165, 1.54) is 12.1 Å². The van der Waals surface area contributed by atoms with Crippen molar-refractivity contribution in [1.82, 2.24) is 4.72 Å². The van der Waals surface area contributed by atoms with Gasteiger partial charge in [-0.25, -0.2) is 13.1 Å². The highest BCUT2D eigenvalue weighted by Gasteiger charge is 2.16. The minimum absolute atomic E-state index is 0.0554. The van der Waals surface area contributed by atoms with Crippen LogP contribution in [0.1, 0.15) is 6.92 Å². The molecule has 0 heterocycles. The van der Waals surface area contributed by atoms with Gasteiger partial charge in [0.2, 0.25) is 0 Å². The van der Waals surface area contributed by atoms with Crippen molar-refractivity contribution in [2.75, 3.05) is 13.2 Å². The standard InChI is InChI=1S/C10H13NO4S/c1-2-15-8-10(12)11-16(13,14)9-6-4-3-5-7-9/h3-7H,2,8H2,1H3,(H,11,12). The summed E-state index contributed by atoms with van der Waals surface area (Å²) in [6.45, 7) is 1.82. The summed E-state index contributed by atoms with van der Waals surface area (Å²) in [4.78, 5) is 11.2. The summed E-state index contributed by atoms with van der Waals surface area (Å²) in [5.41, 5.74) is 0. The molecular formula is C10H13NO4S. The van der Waals surface area contributed by atoms with Gasteiger partial charge in [0.1, 0.15) is 6.61 Å². The van der Waals surface area contributed by atoms with E-state index in [-0.39, 0.29) is 11.5 Å². The van der Waals surface area contributed by atoms with Crippen molar-refractivity contribution in [1.29, 1.82) is 0 Å². The zero-order valence-electron chi connectivity index (χ0n) is 8.84. The molecule has 0 aliphatic rings. The minimum atomic E-state index is -3.77. The van der Waals surface area contributed by atoms with E-state index in [0.29, 0.717) is 6.61 Å². The maximum atomic E-state index is 11.6. The van der Waals surface area contributed by atoms with Gasteiger partial charge in [-0.1, -0.05) is 18.2 Å². The van der Waals surface area contributed by atoms with E-state index in [0.717, 1.165) is 0 Å². The summed E-state index contributed by atoms with van der Waals surface area (Å²) in [6.07, 6.45) is 0. The first-order valence-corrected chi connectivity index (χ1v) is 6.23. The Morgan fingerprint density at radius 2 is 1.94 bits per heavy atom. The Hall–Kier alpha value is -1.40. The third kappa shape index (κ3) is 3.63. The summed E-state index contributed by atoms with van der Waals surface area (Å²) in [7, 11) is -3.77. The first kappa shape index (κ1) is 12.7. The van der Waals surface area contributed by atoms with Gasteiger partial charge >= 0.3 is 0 Å². The lowest BCUT2D eigenvalue weighted by molar-refractivity contribution is -0.123. The fraction of sp³-hybridized carbons (Fsp3) is 0.300. The first-order chi connectivity index (χ1) is 7.56. The second-order valence-corrected chi connectivity index (χ2v) is 4.66. The van der Waals surface area contributed by atoms with Gasteiger partial charge in [0.15, 0.2) is 0 Å². The van der Waals surface area contributed by atoms with Gasteiger partial charge in [-0.3, -0.25) is 4.79 Å². The van der Waals surface area contributed by atoms with E-state index in [2.05, 4.69) is 0 Å². The number of carbonyl (C=O) groups is 1. The molecule has 1 aromatic carbocycles. The second kappa shape index (κ2) is 5.62. The van der Waals surface area contributed by atoms with Crippen LogP contribution in [0, 0.1) is 0 Å². The van der Waals surface area contributed by atoms with Crippen LogP contribution in [0.25, 0.3) is 0 Å². The van der Waals surface area contributed by atoms with Crippen molar-refractivity contribution in [3.8, 4) is 0 Å². The molecule has 0 atom stereocenters. The van der Waals surface area contributed by atoms with Crippen molar-refractivity contribution >= 4 is 15.9 Å². The Labute approximate surface area is 94.5 Å². The molecule has 0 saturated heterocycles. The molecule has 0 unspecified atom stereocenters. The van der Waals surface area contributed by atoms with E-state index in [1.807, 2.05) is 4.72 Å². The Morgan fingerprint density at radius 1 is 1.31 bits per heavy atom. The highest BCUT2D eigenvalue weighted by Crippen LogP contribution is 2.06. The number of amides is 1. The summed E-state index contributed by atoms with van der Waals surface area (Å²) >= 11 is 0. The lowest BCUT2D eigenvalue weighted by Crippen LogP contribution is -2.33. The lowest BCUT2D eigenvalue weighted by Gasteiger charge is -2.06. The largest absolute Gasteiger partial charge is 0.372 e. The van der Waals surface area contributed by atoms with Crippen LogP contribution < -0.4 is 4.72 Å². The highest BCUT2D eigenvalue weighted by molar-refractivity contribution is 7.90. The molecule has 0 bridgehead atoms. The number of nitrogens with one attached hydrogen (secondary N) is 1. The molecule has 0 aliphatic carbocycles. The molecule has 1 aromatic rings. The third-order valence-electron chi connectivity index (χ3n) is 1.74. The average Bonchev–Trinajstić information content (AvgIpc) is 2.27. The number of hydrogen-bond donors (Lipinski definition) is 1. The SMILES string of the molecule is CCOCC(=O)NS(=O)(=O)c1ccccc1. The number of sulfonamides is 1. The van der Waals surface area contributed by atoms with Crippen molar-refractivity contribution in [2.24, 2.45) is 0 Å². The van der Waals surface area contributed by atoms with Crippen LogP contribution in [0.15, 0.2) is 35.2 Å². The molecule has 1 rings (SSSR count). The molecule has 16 heavy (non-hydrogen) atoms. The van der Waals surface area contributed by atoms with Gasteiger partial charge in [-0.2, -0.15) is 0 Å². The van der Waals surface area contributed by atoms with Crippen LogP contribution in [-0.4, -0.2) is 27.5 Å². The Morgan fingerprint density at radius 3 is 2.50 bits per heavy atom.